The van der Waals surface area contributed by atoms with Gasteiger partial charge in [-0.05, 0) is 51.7 Å². The van der Waals surface area contributed by atoms with Gasteiger partial charge >= 0.3 is 6.09 Å². The Labute approximate surface area is 171 Å². The molecule has 0 bridgehead atoms. The molecule has 0 aromatic heterocycles. The van der Waals surface area contributed by atoms with E-state index in [2.05, 4.69) is 0 Å². The molecule has 1 aliphatic carbocycles. The first-order valence-electron chi connectivity index (χ1n) is 10.2. The molecule has 0 radical (unpaired) electrons. The molecule has 1 aliphatic heterocycles. The van der Waals surface area contributed by atoms with Crippen molar-refractivity contribution in [2.24, 2.45) is 5.92 Å². The SMILES string of the molecule is CN(CC(C(O)C1CCCC1)N1C(=O)c2ccccc2C1=O)C(=O)OC(C)(C)C. The molecule has 1 heterocycles. The molecule has 1 fully saturated rings. The monoisotopic (exact) mass is 402 g/mol. The summed E-state index contributed by atoms with van der Waals surface area (Å²) in [7, 11) is 1.56. The van der Waals surface area contributed by atoms with Gasteiger partial charge in [0.05, 0.1) is 23.3 Å². The Morgan fingerprint density at radius 1 is 1.17 bits per heavy atom. The summed E-state index contributed by atoms with van der Waals surface area (Å²) in [6, 6.07) is 5.83. The number of amides is 3. The van der Waals surface area contributed by atoms with Crippen molar-refractivity contribution in [3.05, 3.63) is 35.4 Å². The highest BCUT2D eigenvalue weighted by Gasteiger charge is 2.45. The topological polar surface area (TPSA) is 87.2 Å². The van der Waals surface area contributed by atoms with Crippen LogP contribution in [-0.4, -0.2) is 64.2 Å². The molecule has 0 saturated heterocycles. The van der Waals surface area contributed by atoms with Gasteiger partial charge in [0, 0.05) is 13.6 Å². The van der Waals surface area contributed by atoms with Gasteiger partial charge in [0.1, 0.15) is 5.60 Å². The molecule has 7 nitrogen and oxygen atoms in total. The number of nitrogens with zero attached hydrogens (tertiary/aromatic N) is 2. The summed E-state index contributed by atoms with van der Waals surface area (Å²) >= 11 is 0. The Kier molecular flexibility index (Phi) is 5.98. The summed E-state index contributed by atoms with van der Waals surface area (Å²) in [5.41, 5.74) is 0.00236. The van der Waals surface area contributed by atoms with Crippen molar-refractivity contribution in [1.29, 1.82) is 0 Å². The van der Waals surface area contributed by atoms with E-state index >= 15 is 0 Å². The standard InChI is InChI=1S/C22H30N2O5/c1-22(2,3)29-21(28)23(4)13-17(18(25)14-9-5-6-10-14)24-19(26)15-11-7-8-12-16(15)20(24)27/h7-8,11-12,14,17-18,25H,5-6,9-10,13H2,1-4H3. The highest BCUT2D eigenvalue weighted by atomic mass is 16.6. The first-order valence-corrected chi connectivity index (χ1v) is 10.2. The molecule has 0 spiro atoms. The molecule has 1 saturated carbocycles. The lowest BCUT2D eigenvalue weighted by Crippen LogP contribution is -2.55. The van der Waals surface area contributed by atoms with Gasteiger partial charge in [0.15, 0.2) is 0 Å². The number of ether oxygens (including phenoxy) is 1. The van der Waals surface area contributed by atoms with Gasteiger partial charge in [-0.15, -0.1) is 0 Å². The molecule has 1 N–H and O–H groups in total. The summed E-state index contributed by atoms with van der Waals surface area (Å²) in [6.07, 6.45) is 2.26. The molecular formula is C22H30N2O5. The number of fused-ring (bicyclic) bond motifs is 1. The first-order chi connectivity index (χ1) is 13.6. The molecule has 2 aliphatic rings. The Hall–Kier alpha value is -2.41. The lowest BCUT2D eigenvalue weighted by atomic mass is 9.93. The van der Waals surface area contributed by atoms with E-state index < -0.39 is 35.7 Å². The summed E-state index contributed by atoms with van der Waals surface area (Å²) in [5.74, 6) is -0.855. The largest absolute Gasteiger partial charge is 0.444 e. The highest BCUT2D eigenvalue weighted by Crippen LogP contribution is 2.33. The Morgan fingerprint density at radius 3 is 2.17 bits per heavy atom. The first kappa shape index (κ1) is 21.3. The second-order valence-corrected chi connectivity index (χ2v) is 8.99. The van der Waals surface area contributed by atoms with Crippen molar-refractivity contribution in [3.8, 4) is 0 Å². The predicted octanol–water partition coefficient (Wildman–Crippen LogP) is 3.07. The van der Waals surface area contributed by atoms with Gasteiger partial charge in [0.25, 0.3) is 11.8 Å². The maximum Gasteiger partial charge on any atom is 0.410 e. The van der Waals surface area contributed by atoms with Crippen LogP contribution in [-0.2, 0) is 4.74 Å². The van der Waals surface area contributed by atoms with Crippen LogP contribution in [0.2, 0.25) is 0 Å². The summed E-state index contributed by atoms with van der Waals surface area (Å²) in [6.45, 7) is 5.33. The Balaban J connectivity index is 1.87. The van der Waals surface area contributed by atoms with Crippen molar-refractivity contribution in [3.63, 3.8) is 0 Å². The second kappa shape index (κ2) is 8.14. The fourth-order valence-electron chi connectivity index (χ4n) is 4.16. The van der Waals surface area contributed by atoms with Crippen LogP contribution < -0.4 is 0 Å². The van der Waals surface area contributed by atoms with E-state index in [4.69, 9.17) is 4.74 Å². The fourth-order valence-corrected chi connectivity index (χ4v) is 4.16. The third-order valence-corrected chi connectivity index (χ3v) is 5.60. The maximum absolute atomic E-state index is 13.0. The number of imide groups is 1. The van der Waals surface area contributed by atoms with Crippen LogP contribution in [0.4, 0.5) is 4.79 Å². The van der Waals surface area contributed by atoms with E-state index in [0.717, 1.165) is 30.6 Å². The average Bonchev–Trinajstić information content (AvgIpc) is 3.26. The van der Waals surface area contributed by atoms with Crippen LogP contribution in [0.3, 0.4) is 0 Å². The van der Waals surface area contributed by atoms with Crippen molar-refractivity contribution < 1.29 is 24.2 Å². The van der Waals surface area contributed by atoms with Crippen LogP contribution in [0, 0.1) is 5.92 Å². The molecule has 3 rings (SSSR count). The normalized spacial score (nSPS) is 19.3. The Bertz CT molecular complexity index is 760. The van der Waals surface area contributed by atoms with E-state index in [9.17, 15) is 19.5 Å². The summed E-state index contributed by atoms with van der Waals surface area (Å²) < 4.78 is 5.40. The number of benzene rings is 1. The molecule has 2 unspecified atom stereocenters. The molecule has 7 heteroatoms. The average molecular weight is 402 g/mol. The molecular weight excluding hydrogens is 372 g/mol. The number of aliphatic hydroxyl groups excluding tert-OH is 1. The minimum atomic E-state index is -0.899. The van der Waals surface area contributed by atoms with Gasteiger partial charge in [-0.25, -0.2) is 4.79 Å². The molecule has 1 aromatic carbocycles. The number of carbonyl (C=O) groups excluding carboxylic acids is 3. The molecule has 1 aromatic rings. The minimum absolute atomic E-state index is 0.00338. The number of hydrogen-bond donors (Lipinski definition) is 1. The van der Waals surface area contributed by atoms with Crippen LogP contribution in [0.15, 0.2) is 24.3 Å². The predicted molar refractivity (Wildman–Crippen MR) is 108 cm³/mol. The van der Waals surface area contributed by atoms with Gasteiger partial charge in [-0.3, -0.25) is 14.5 Å². The quantitative estimate of drug-likeness (QED) is 0.765. The van der Waals surface area contributed by atoms with Gasteiger partial charge in [-0.1, -0.05) is 25.0 Å². The van der Waals surface area contributed by atoms with Crippen LogP contribution in [0.25, 0.3) is 0 Å². The van der Waals surface area contributed by atoms with Crippen LogP contribution >= 0.6 is 0 Å². The van der Waals surface area contributed by atoms with Crippen molar-refractivity contribution in [2.75, 3.05) is 13.6 Å². The van der Waals surface area contributed by atoms with E-state index in [0.29, 0.717) is 11.1 Å². The number of rotatable bonds is 5. The maximum atomic E-state index is 13.0. The lowest BCUT2D eigenvalue weighted by molar-refractivity contribution is -0.00452. The minimum Gasteiger partial charge on any atom is -0.444 e. The number of aliphatic hydroxyl groups is 1. The summed E-state index contributed by atoms with van der Waals surface area (Å²) in [4.78, 5) is 40.9. The van der Waals surface area contributed by atoms with Crippen molar-refractivity contribution in [1.82, 2.24) is 9.80 Å². The number of hydrogen-bond acceptors (Lipinski definition) is 5. The second-order valence-electron chi connectivity index (χ2n) is 8.99. The molecule has 158 valence electrons. The van der Waals surface area contributed by atoms with E-state index in [-0.39, 0.29) is 12.5 Å². The van der Waals surface area contributed by atoms with Gasteiger partial charge in [-0.2, -0.15) is 0 Å². The smallest absolute Gasteiger partial charge is 0.410 e. The fraction of sp³-hybridized carbons (Fsp3) is 0.591. The molecule has 29 heavy (non-hydrogen) atoms. The number of likely N-dealkylation sites (N-methyl/N-ethyl adjacent to an activating group) is 1. The van der Waals surface area contributed by atoms with Gasteiger partial charge < -0.3 is 14.7 Å². The van der Waals surface area contributed by atoms with Crippen molar-refractivity contribution in [2.45, 2.75) is 64.2 Å². The van der Waals surface area contributed by atoms with Crippen LogP contribution in [0.1, 0.15) is 67.2 Å². The highest BCUT2D eigenvalue weighted by molar-refractivity contribution is 6.21. The Morgan fingerprint density at radius 2 is 1.69 bits per heavy atom. The van der Waals surface area contributed by atoms with E-state index in [1.54, 1.807) is 52.1 Å². The van der Waals surface area contributed by atoms with Crippen molar-refractivity contribution >= 4 is 17.9 Å². The van der Waals surface area contributed by atoms with Crippen LogP contribution in [0.5, 0.6) is 0 Å². The lowest BCUT2D eigenvalue weighted by Gasteiger charge is -2.36. The third-order valence-electron chi connectivity index (χ3n) is 5.60. The third kappa shape index (κ3) is 4.45. The summed E-state index contributed by atoms with van der Waals surface area (Å²) in [5, 5.41) is 11.1. The zero-order valence-corrected chi connectivity index (χ0v) is 17.6. The molecule has 2 atom stereocenters. The molecule has 3 amide bonds. The van der Waals surface area contributed by atoms with E-state index in [1.165, 1.54) is 4.90 Å². The van der Waals surface area contributed by atoms with Gasteiger partial charge in [0.2, 0.25) is 0 Å². The van der Waals surface area contributed by atoms with E-state index in [1.807, 2.05) is 0 Å². The zero-order valence-electron chi connectivity index (χ0n) is 17.6. The zero-order chi connectivity index (χ0) is 21.3. The number of carbonyl (C=O) groups is 3.